The number of para-hydroxylation sites is 1. The van der Waals surface area contributed by atoms with Crippen molar-refractivity contribution in [2.45, 2.75) is 20.5 Å². The number of esters is 1. The van der Waals surface area contributed by atoms with Crippen molar-refractivity contribution in [2.75, 3.05) is 5.73 Å². The van der Waals surface area contributed by atoms with E-state index in [-0.39, 0.29) is 6.61 Å². The Hall–Kier alpha value is -3.06. The van der Waals surface area contributed by atoms with E-state index in [9.17, 15) is 4.79 Å². The Labute approximate surface area is 153 Å². The first kappa shape index (κ1) is 16.4. The third-order valence-corrected chi connectivity index (χ3v) is 5.22. The molecule has 130 valence electrons. The summed E-state index contributed by atoms with van der Waals surface area (Å²) in [6, 6.07) is 9.64. The van der Waals surface area contributed by atoms with Crippen LogP contribution in [0, 0.1) is 13.8 Å². The number of fused-ring (bicyclic) bond motifs is 2. The zero-order valence-corrected chi connectivity index (χ0v) is 15.1. The van der Waals surface area contributed by atoms with Crippen LogP contribution in [0.2, 0.25) is 0 Å². The number of anilines is 1. The molecule has 0 atom stereocenters. The highest BCUT2D eigenvalue weighted by Crippen LogP contribution is 2.34. The van der Waals surface area contributed by atoms with Crippen molar-refractivity contribution in [2.24, 2.45) is 0 Å². The average Bonchev–Trinajstić information content (AvgIpc) is 2.96. The number of aromatic nitrogens is 3. The molecule has 4 aromatic rings. The second kappa shape index (κ2) is 6.34. The van der Waals surface area contributed by atoms with E-state index >= 15 is 0 Å². The molecular formula is C19H16N4O2S. The largest absolute Gasteiger partial charge is 0.456 e. The number of nitrogen functional groups attached to an aromatic ring is 1. The van der Waals surface area contributed by atoms with E-state index in [0.29, 0.717) is 21.2 Å². The van der Waals surface area contributed by atoms with Crippen LogP contribution in [0.5, 0.6) is 0 Å². The van der Waals surface area contributed by atoms with Crippen molar-refractivity contribution in [3.8, 4) is 0 Å². The summed E-state index contributed by atoms with van der Waals surface area (Å²) in [6.07, 6.45) is 1.72. The summed E-state index contributed by atoms with van der Waals surface area (Å²) in [6.45, 7) is 3.80. The van der Waals surface area contributed by atoms with Crippen molar-refractivity contribution < 1.29 is 9.53 Å². The number of nitrogens with zero attached hydrogens (tertiary/aromatic N) is 3. The molecule has 0 fully saturated rings. The highest BCUT2D eigenvalue weighted by Gasteiger charge is 2.21. The van der Waals surface area contributed by atoms with E-state index in [1.165, 1.54) is 11.3 Å². The second-order valence-corrected chi connectivity index (χ2v) is 6.95. The summed E-state index contributed by atoms with van der Waals surface area (Å²) >= 11 is 1.23. The summed E-state index contributed by atoms with van der Waals surface area (Å²) in [5.41, 5.74) is 8.98. The minimum absolute atomic E-state index is 0.130. The highest BCUT2D eigenvalue weighted by molar-refractivity contribution is 7.21. The minimum atomic E-state index is -0.463. The molecule has 26 heavy (non-hydrogen) atoms. The summed E-state index contributed by atoms with van der Waals surface area (Å²) in [5.74, 6) is 0.188. The van der Waals surface area contributed by atoms with Crippen LogP contribution in [0.4, 0.5) is 5.69 Å². The van der Waals surface area contributed by atoms with Crippen LogP contribution in [0.3, 0.4) is 0 Å². The quantitative estimate of drug-likeness (QED) is 0.556. The van der Waals surface area contributed by atoms with Gasteiger partial charge in [0, 0.05) is 17.1 Å². The van der Waals surface area contributed by atoms with Gasteiger partial charge < -0.3 is 10.5 Å². The van der Waals surface area contributed by atoms with Gasteiger partial charge in [0.05, 0.1) is 22.3 Å². The fourth-order valence-electron chi connectivity index (χ4n) is 2.97. The van der Waals surface area contributed by atoms with Gasteiger partial charge in [0.25, 0.3) is 0 Å². The summed E-state index contributed by atoms with van der Waals surface area (Å²) < 4.78 is 5.51. The molecule has 3 aromatic heterocycles. The molecule has 0 radical (unpaired) electrons. The third-order valence-electron chi connectivity index (χ3n) is 4.14. The molecule has 2 N–H and O–H groups in total. The number of hydrogen-bond donors (Lipinski definition) is 1. The lowest BCUT2D eigenvalue weighted by Crippen LogP contribution is -2.06. The van der Waals surface area contributed by atoms with Gasteiger partial charge in [0.15, 0.2) is 0 Å². The Kier molecular flexibility index (Phi) is 4.00. The first-order valence-corrected chi connectivity index (χ1v) is 8.89. The highest BCUT2D eigenvalue weighted by atomic mass is 32.1. The third kappa shape index (κ3) is 2.76. The van der Waals surface area contributed by atoms with Crippen LogP contribution >= 0.6 is 11.3 Å². The molecule has 0 bridgehead atoms. The molecule has 1 aromatic carbocycles. The van der Waals surface area contributed by atoms with E-state index in [0.717, 1.165) is 27.5 Å². The van der Waals surface area contributed by atoms with Crippen molar-refractivity contribution >= 4 is 44.1 Å². The SMILES string of the molecule is Cc1nc(C)c2c(N)c(C(=O)OCc3cccc4cccnc34)sc2n1. The number of rotatable bonds is 3. The Morgan fingerprint density at radius 2 is 2.00 bits per heavy atom. The molecule has 0 spiro atoms. The first-order chi connectivity index (χ1) is 12.5. The number of benzene rings is 1. The smallest absolute Gasteiger partial charge is 0.350 e. The zero-order valence-electron chi connectivity index (χ0n) is 14.3. The maximum absolute atomic E-state index is 12.6. The first-order valence-electron chi connectivity index (χ1n) is 8.07. The van der Waals surface area contributed by atoms with Gasteiger partial charge in [0.1, 0.15) is 22.1 Å². The molecule has 0 amide bonds. The lowest BCUT2D eigenvalue weighted by Gasteiger charge is -2.07. The molecule has 0 saturated heterocycles. The summed E-state index contributed by atoms with van der Waals surface area (Å²) in [5, 5.41) is 1.73. The van der Waals surface area contributed by atoms with E-state index in [2.05, 4.69) is 15.0 Å². The number of nitrogens with two attached hydrogens (primary N) is 1. The van der Waals surface area contributed by atoms with E-state index < -0.39 is 5.97 Å². The second-order valence-electron chi connectivity index (χ2n) is 5.95. The maximum atomic E-state index is 12.6. The topological polar surface area (TPSA) is 91.0 Å². The van der Waals surface area contributed by atoms with Crippen molar-refractivity contribution in [1.29, 1.82) is 0 Å². The van der Waals surface area contributed by atoms with Crippen LogP contribution in [-0.4, -0.2) is 20.9 Å². The summed E-state index contributed by atoms with van der Waals surface area (Å²) in [4.78, 5) is 26.7. The number of carbonyl (C=O) groups excluding carboxylic acids is 1. The fourth-order valence-corrected chi connectivity index (χ4v) is 4.06. The Bertz CT molecular complexity index is 1150. The number of hydrogen-bond acceptors (Lipinski definition) is 7. The van der Waals surface area contributed by atoms with Crippen LogP contribution in [-0.2, 0) is 11.3 Å². The Morgan fingerprint density at radius 3 is 2.85 bits per heavy atom. The number of aryl methyl sites for hydroxylation is 2. The van der Waals surface area contributed by atoms with Crippen molar-refractivity contribution in [1.82, 2.24) is 15.0 Å². The van der Waals surface area contributed by atoms with Gasteiger partial charge in [-0.3, -0.25) is 4.98 Å². The molecule has 0 saturated carbocycles. The lowest BCUT2D eigenvalue weighted by molar-refractivity contribution is 0.0481. The molecule has 0 aliphatic rings. The lowest BCUT2D eigenvalue weighted by atomic mass is 10.1. The monoisotopic (exact) mass is 364 g/mol. The standard InChI is InChI=1S/C19H16N4O2S/c1-10-14-15(20)17(26-18(14)23-11(2)22-10)19(24)25-9-13-6-3-5-12-7-4-8-21-16(12)13/h3-8H,9,20H2,1-2H3. The predicted octanol–water partition coefficient (Wildman–Crippen LogP) is 3.80. The molecule has 0 unspecified atom stereocenters. The molecule has 7 heteroatoms. The van der Waals surface area contributed by atoms with Crippen LogP contribution in [0.1, 0.15) is 26.8 Å². The number of pyridine rings is 1. The summed E-state index contributed by atoms with van der Waals surface area (Å²) in [7, 11) is 0. The van der Waals surface area contributed by atoms with E-state index in [1.807, 2.05) is 44.2 Å². The van der Waals surface area contributed by atoms with E-state index in [4.69, 9.17) is 10.5 Å². The van der Waals surface area contributed by atoms with Crippen LogP contribution in [0.15, 0.2) is 36.5 Å². The Balaban J connectivity index is 1.64. The molecular weight excluding hydrogens is 348 g/mol. The normalized spacial score (nSPS) is 11.2. The molecule has 0 aliphatic heterocycles. The van der Waals surface area contributed by atoms with Crippen LogP contribution in [0.25, 0.3) is 21.1 Å². The number of ether oxygens (including phenoxy) is 1. The van der Waals surface area contributed by atoms with Crippen LogP contribution < -0.4 is 5.73 Å². The Morgan fingerprint density at radius 1 is 1.19 bits per heavy atom. The number of thiophene rings is 1. The maximum Gasteiger partial charge on any atom is 0.350 e. The number of carbonyl (C=O) groups is 1. The van der Waals surface area contributed by atoms with Crippen molar-refractivity contribution in [3.05, 3.63) is 58.5 Å². The van der Waals surface area contributed by atoms with Gasteiger partial charge in [0.2, 0.25) is 0 Å². The molecule has 3 heterocycles. The fraction of sp³-hybridized carbons (Fsp3) is 0.158. The van der Waals surface area contributed by atoms with Gasteiger partial charge in [-0.15, -0.1) is 11.3 Å². The van der Waals surface area contributed by atoms with Gasteiger partial charge in [-0.25, -0.2) is 14.8 Å². The average molecular weight is 364 g/mol. The molecule has 6 nitrogen and oxygen atoms in total. The van der Waals surface area contributed by atoms with Crippen molar-refractivity contribution in [3.63, 3.8) is 0 Å². The minimum Gasteiger partial charge on any atom is -0.456 e. The zero-order chi connectivity index (χ0) is 18.3. The molecule has 4 rings (SSSR count). The van der Waals surface area contributed by atoms with Gasteiger partial charge >= 0.3 is 5.97 Å². The molecule has 0 aliphatic carbocycles. The predicted molar refractivity (Wildman–Crippen MR) is 102 cm³/mol. The van der Waals surface area contributed by atoms with E-state index in [1.54, 1.807) is 6.20 Å². The van der Waals surface area contributed by atoms with Gasteiger partial charge in [-0.1, -0.05) is 24.3 Å². The van der Waals surface area contributed by atoms with Gasteiger partial charge in [-0.05, 0) is 19.9 Å². The van der Waals surface area contributed by atoms with Gasteiger partial charge in [-0.2, -0.15) is 0 Å².